The molecule has 0 aliphatic carbocycles. The Hall–Kier alpha value is -1.83. The average Bonchev–Trinajstić information content (AvgIpc) is 2.42. The lowest BCUT2D eigenvalue weighted by molar-refractivity contribution is 1.34. The second-order valence-electron chi connectivity index (χ2n) is 3.41. The summed E-state index contributed by atoms with van der Waals surface area (Å²) in [5, 5.41) is 1.31. The summed E-state index contributed by atoms with van der Waals surface area (Å²) >= 11 is 0. The van der Waals surface area contributed by atoms with E-state index in [1.807, 2.05) is 18.5 Å². The van der Waals surface area contributed by atoms with Crippen LogP contribution in [0.4, 0.5) is 0 Å². The normalized spacial score (nSPS) is 14.3. The maximum atomic E-state index is 4.14. The third kappa shape index (κ3) is 1.01. The molecule has 0 amide bonds. The third-order valence-corrected chi connectivity index (χ3v) is 2.57. The van der Waals surface area contributed by atoms with Gasteiger partial charge < -0.3 is 4.98 Å². The minimum absolute atomic E-state index is 0.909. The van der Waals surface area contributed by atoms with Crippen LogP contribution < -0.4 is 0 Å². The molecular weight excluding hydrogens is 172 g/mol. The number of H-pyrrole nitrogens is 1. The molecule has 0 bridgehead atoms. The fourth-order valence-electron chi connectivity index (χ4n) is 1.91. The summed E-state index contributed by atoms with van der Waals surface area (Å²) in [5.41, 5.74) is 3.74. The van der Waals surface area contributed by atoms with Gasteiger partial charge >= 0.3 is 0 Å². The zero-order valence-corrected chi connectivity index (χ0v) is 7.70. The summed E-state index contributed by atoms with van der Waals surface area (Å²) < 4.78 is 0. The standard InChI is InChI=1S/C12H10N2/c1-2-4-11-9(3-1)10-5-7-13-8-6-12(10)14-11/h1-4,6-8,14H,5H2. The SMILES string of the molecule is C1=Cc2[nH]c3ccccc3c2CC=N1. The zero-order valence-electron chi connectivity index (χ0n) is 7.70. The molecule has 0 unspecified atom stereocenters. The van der Waals surface area contributed by atoms with Crippen molar-refractivity contribution in [1.82, 2.24) is 4.98 Å². The van der Waals surface area contributed by atoms with Crippen molar-refractivity contribution in [3.05, 3.63) is 41.7 Å². The maximum Gasteiger partial charge on any atom is 0.0461 e. The van der Waals surface area contributed by atoms with E-state index in [1.165, 1.54) is 22.2 Å². The van der Waals surface area contributed by atoms with Crippen LogP contribution in [0.15, 0.2) is 35.5 Å². The summed E-state index contributed by atoms with van der Waals surface area (Å²) in [7, 11) is 0. The lowest BCUT2D eigenvalue weighted by Crippen LogP contribution is -1.84. The minimum Gasteiger partial charge on any atom is -0.355 e. The van der Waals surface area contributed by atoms with Gasteiger partial charge in [0.15, 0.2) is 0 Å². The fourth-order valence-corrected chi connectivity index (χ4v) is 1.91. The van der Waals surface area contributed by atoms with Crippen LogP contribution in [0, 0.1) is 0 Å². The van der Waals surface area contributed by atoms with Crippen LogP contribution in [0.3, 0.4) is 0 Å². The van der Waals surface area contributed by atoms with E-state index < -0.39 is 0 Å². The summed E-state index contributed by atoms with van der Waals surface area (Å²) in [4.78, 5) is 7.53. The van der Waals surface area contributed by atoms with E-state index >= 15 is 0 Å². The molecule has 2 heteroatoms. The lowest BCUT2D eigenvalue weighted by Gasteiger charge is -1.93. The van der Waals surface area contributed by atoms with E-state index in [9.17, 15) is 0 Å². The molecule has 2 heterocycles. The molecule has 0 saturated carbocycles. The predicted octanol–water partition coefficient (Wildman–Crippen LogP) is 2.77. The van der Waals surface area contributed by atoms with Gasteiger partial charge in [-0.05, 0) is 17.7 Å². The van der Waals surface area contributed by atoms with Crippen LogP contribution in [0.25, 0.3) is 17.0 Å². The first kappa shape index (κ1) is 7.56. The average molecular weight is 182 g/mol. The van der Waals surface area contributed by atoms with Gasteiger partial charge in [0.05, 0.1) is 0 Å². The van der Waals surface area contributed by atoms with Gasteiger partial charge in [-0.25, -0.2) is 0 Å². The Labute approximate surface area is 82.0 Å². The van der Waals surface area contributed by atoms with Crippen molar-refractivity contribution < 1.29 is 0 Å². The molecule has 1 aromatic heterocycles. The van der Waals surface area contributed by atoms with Gasteiger partial charge in [-0.3, -0.25) is 4.99 Å². The number of hydrogen-bond acceptors (Lipinski definition) is 1. The van der Waals surface area contributed by atoms with Crippen LogP contribution in [-0.4, -0.2) is 11.2 Å². The summed E-state index contributed by atoms with van der Waals surface area (Å²) in [6.45, 7) is 0. The lowest BCUT2D eigenvalue weighted by atomic mass is 10.1. The van der Waals surface area contributed by atoms with Crippen molar-refractivity contribution in [3.63, 3.8) is 0 Å². The quantitative estimate of drug-likeness (QED) is 0.649. The molecule has 0 saturated heterocycles. The number of nitrogens with zero attached hydrogens (tertiary/aromatic N) is 1. The van der Waals surface area contributed by atoms with Gasteiger partial charge in [0.1, 0.15) is 0 Å². The van der Waals surface area contributed by atoms with Crippen molar-refractivity contribution in [2.75, 3.05) is 0 Å². The highest BCUT2D eigenvalue weighted by molar-refractivity contribution is 5.90. The first-order valence-corrected chi connectivity index (χ1v) is 4.73. The van der Waals surface area contributed by atoms with Crippen LogP contribution >= 0.6 is 0 Å². The molecule has 68 valence electrons. The van der Waals surface area contributed by atoms with Gasteiger partial charge in [0.25, 0.3) is 0 Å². The molecule has 1 aliphatic heterocycles. The Morgan fingerprint density at radius 2 is 2.14 bits per heavy atom. The van der Waals surface area contributed by atoms with Crippen LogP contribution in [0.2, 0.25) is 0 Å². The molecule has 0 radical (unpaired) electrons. The van der Waals surface area contributed by atoms with Gasteiger partial charge in [-0.1, -0.05) is 18.2 Å². The van der Waals surface area contributed by atoms with E-state index in [1.54, 1.807) is 0 Å². The molecule has 14 heavy (non-hydrogen) atoms. The third-order valence-electron chi connectivity index (χ3n) is 2.57. The van der Waals surface area contributed by atoms with Crippen LogP contribution in [0.5, 0.6) is 0 Å². The summed E-state index contributed by atoms with van der Waals surface area (Å²) in [5.74, 6) is 0. The van der Waals surface area contributed by atoms with Gasteiger partial charge in [0.2, 0.25) is 0 Å². The van der Waals surface area contributed by atoms with Crippen molar-refractivity contribution >= 4 is 23.2 Å². The summed E-state index contributed by atoms with van der Waals surface area (Å²) in [6.07, 6.45) is 6.72. The summed E-state index contributed by atoms with van der Waals surface area (Å²) in [6, 6.07) is 8.38. The Balaban J connectivity index is 2.37. The number of aromatic nitrogens is 1. The van der Waals surface area contributed by atoms with Gasteiger partial charge in [0, 0.05) is 35.4 Å². The Morgan fingerprint density at radius 3 is 3.14 bits per heavy atom. The number of hydrogen-bond donors (Lipinski definition) is 1. The van der Waals surface area contributed by atoms with E-state index in [2.05, 4.69) is 34.2 Å². The van der Waals surface area contributed by atoms with Crippen molar-refractivity contribution in [3.8, 4) is 0 Å². The van der Waals surface area contributed by atoms with Gasteiger partial charge in [-0.15, -0.1) is 0 Å². The molecule has 1 aromatic carbocycles. The van der Waals surface area contributed by atoms with E-state index in [4.69, 9.17) is 0 Å². The van der Waals surface area contributed by atoms with Gasteiger partial charge in [-0.2, -0.15) is 0 Å². The minimum atomic E-state index is 0.909. The first-order valence-electron chi connectivity index (χ1n) is 4.73. The smallest absolute Gasteiger partial charge is 0.0461 e. The molecular formula is C12H10N2. The van der Waals surface area contributed by atoms with Crippen LogP contribution in [0.1, 0.15) is 11.3 Å². The number of nitrogens with one attached hydrogen (secondary N) is 1. The molecule has 1 N–H and O–H groups in total. The Kier molecular flexibility index (Phi) is 1.53. The van der Waals surface area contributed by atoms with Crippen molar-refractivity contribution in [2.45, 2.75) is 6.42 Å². The zero-order chi connectivity index (χ0) is 9.38. The molecule has 0 fully saturated rings. The number of fused-ring (bicyclic) bond motifs is 3. The fraction of sp³-hybridized carbons (Fsp3) is 0.0833. The molecule has 1 aliphatic rings. The Bertz CT molecular complexity index is 532. The van der Waals surface area contributed by atoms with Crippen molar-refractivity contribution in [1.29, 1.82) is 0 Å². The Morgan fingerprint density at radius 1 is 1.21 bits per heavy atom. The van der Waals surface area contributed by atoms with E-state index in [-0.39, 0.29) is 0 Å². The highest BCUT2D eigenvalue weighted by Gasteiger charge is 2.08. The second kappa shape index (κ2) is 2.84. The van der Waals surface area contributed by atoms with Crippen molar-refractivity contribution in [2.24, 2.45) is 4.99 Å². The highest BCUT2D eigenvalue weighted by atomic mass is 14.7. The van der Waals surface area contributed by atoms with E-state index in [0.29, 0.717) is 0 Å². The van der Waals surface area contributed by atoms with E-state index in [0.717, 1.165) is 6.42 Å². The highest BCUT2D eigenvalue weighted by Crippen LogP contribution is 2.24. The second-order valence-corrected chi connectivity index (χ2v) is 3.41. The largest absolute Gasteiger partial charge is 0.355 e. The van der Waals surface area contributed by atoms with Crippen LogP contribution in [-0.2, 0) is 6.42 Å². The molecule has 2 aromatic rings. The molecule has 0 spiro atoms. The molecule has 2 nitrogen and oxygen atoms in total. The predicted molar refractivity (Wildman–Crippen MR) is 59.5 cm³/mol. The number of aliphatic imine (C=N–C) groups is 1. The number of benzene rings is 1. The molecule has 3 rings (SSSR count). The number of aromatic amines is 1. The maximum absolute atomic E-state index is 4.14. The first-order chi connectivity index (χ1) is 6.95. The number of para-hydroxylation sites is 1. The monoisotopic (exact) mass is 182 g/mol. The topological polar surface area (TPSA) is 28.1 Å². The number of rotatable bonds is 0. The molecule has 0 atom stereocenters.